The van der Waals surface area contributed by atoms with Gasteiger partial charge in [0.05, 0.1) is 11.6 Å². The third-order valence-electron chi connectivity index (χ3n) is 5.56. The molecule has 3 aromatic carbocycles. The first-order chi connectivity index (χ1) is 14.7. The smallest absolute Gasteiger partial charge is 0.194 e. The van der Waals surface area contributed by atoms with Crippen molar-refractivity contribution in [2.24, 2.45) is 5.92 Å². The molecule has 0 amide bonds. The van der Waals surface area contributed by atoms with Crippen molar-refractivity contribution in [3.63, 3.8) is 0 Å². The number of hydrogen-bond donors (Lipinski definition) is 2. The van der Waals surface area contributed by atoms with Gasteiger partial charge in [0.1, 0.15) is 5.82 Å². The van der Waals surface area contributed by atoms with E-state index in [1.165, 1.54) is 16.5 Å². The Bertz CT molecular complexity index is 1250. The van der Waals surface area contributed by atoms with Gasteiger partial charge in [0.25, 0.3) is 0 Å². The summed E-state index contributed by atoms with van der Waals surface area (Å²) in [7, 11) is 0. The molecule has 1 aromatic heterocycles. The van der Waals surface area contributed by atoms with Crippen LogP contribution in [-0.2, 0) is 0 Å². The molecule has 30 heavy (non-hydrogen) atoms. The van der Waals surface area contributed by atoms with Crippen LogP contribution in [0.2, 0.25) is 0 Å². The summed E-state index contributed by atoms with van der Waals surface area (Å²) in [5, 5.41) is 11.4. The summed E-state index contributed by atoms with van der Waals surface area (Å²) in [4.78, 5) is 10.9. The zero-order valence-corrected chi connectivity index (χ0v) is 17.9. The molecule has 0 spiro atoms. The monoisotopic (exact) mass is 412 g/mol. The first-order valence-electron chi connectivity index (χ1n) is 10.3. The highest BCUT2D eigenvalue weighted by molar-refractivity contribution is 7.99. The number of nitrogens with one attached hydrogen (secondary N) is 2. The zero-order valence-electron chi connectivity index (χ0n) is 17.1. The Labute approximate surface area is 180 Å². The maximum Gasteiger partial charge on any atom is 0.194 e. The van der Waals surface area contributed by atoms with E-state index < -0.39 is 0 Å². The molecular formula is C25H24N4S. The summed E-state index contributed by atoms with van der Waals surface area (Å²) >= 11 is 1.60. The standard InChI is InChI=1S/C25H24N4S/c1-16-15-26-17(2)13-23(16)27-24-21-9-5-6-10-22(21)28-25(29-24)30-20-12-11-18-7-3-4-8-19(18)14-20/h3-14,16,23,26H,15H2,1-2H3,(H,27,28,29)/t16-,23?/m0/s1. The van der Waals surface area contributed by atoms with Crippen LogP contribution in [0.5, 0.6) is 0 Å². The predicted molar refractivity (Wildman–Crippen MR) is 126 cm³/mol. The molecule has 1 aliphatic heterocycles. The highest BCUT2D eigenvalue weighted by Gasteiger charge is 2.21. The number of aromatic nitrogens is 2. The number of nitrogens with zero attached hydrogens (tertiary/aromatic N) is 2. The second kappa shape index (κ2) is 8.00. The topological polar surface area (TPSA) is 49.8 Å². The van der Waals surface area contributed by atoms with Crippen LogP contribution in [0.3, 0.4) is 0 Å². The second-order valence-electron chi connectivity index (χ2n) is 7.86. The van der Waals surface area contributed by atoms with E-state index in [0.29, 0.717) is 5.92 Å². The van der Waals surface area contributed by atoms with Gasteiger partial charge in [-0.05, 0) is 65.7 Å². The van der Waals surface area contributed by atoms with Gasteiger partial charge in [0, 0.05) is 22.5 Å². The lowest BCUT2D eigenvalue weighted by Crippen LogP contribution is -2.38. The maximum absolute atomic E-state index is 4.92. The summed E-state index contributed by atoms with van der Waals surface area (Å²) in [5.41, 5.74) is 2.16. The molecular weight excluding hydrogens is 388 g/mol. The van der Waals surface area contributed by atoms with E-state index in [-0.39, 0.29) is 6.04 Å². The SMILES string of the molecule is CC1=CC(Nc2nc(Sc3ccc4ccccc4c3)nc3ccccc23)[C@@H](C)CN1. The van der Waals surface area contributed by atoms with Crippen LogP contribution in [0.25, 0.3) is 21.7 Å². The number of hydrogen-bond acceptors (Lipinski definition) is 5. The van der Waals surface area contributed by atoms with E-state index in [9.17, 15) is 0 Å². The van der Waals surface area contributed by atoms with Crippen molar-refractivity contribution < 1.29 is 0 Å². The van der Waals surface area contributed by atoms with Gasteiger partial charge in [-0.15, -0.1) is 0 Å². The van der Waals surface area contributed by atoms with E-state index >= 15 is 0 Å². The van der Waals surface area contributed by atoms with Gasteiger partial charge < -0.3 is 10.6 Å². The lowest BCUT2D eigenvalue weighted by molar-refractivity contribution is 0.484. The average molecular weight is 413 g/mol. The minimum absolute atomic E-state index is 0.239. The van der Waals surface area contributed by atoms with Crippen molar-refractivity contribution in [3.8, 4) is 0 Å². The molecule has 5 rings (SSSR count). The van der Waals surface area contributed by atoms with Crippen LogP contribution in [0, 0.1) is 5.92 Å². The van der Waals surface area contributed by atoms with Gasteiger partial charge in [-0.2, -0.15) is 0 Å². The first kappa shape index (κ1) is 18.9. The zero-order chi connectivity index (χ0) is 20.5. The quantitative estimate of drug-likeness (QED) is 0.411. The third kappa shape index (κ3) is 3.85. The van der Waals surface area contributed by atoms with Crippen LogP contribution in [0.4, 0.5) is 5.82 Å². The van der Waals surface area contributed by atoms with E-state index in [1.807, 2.05) is 12.1 Å². The summed E-state index contributed by atoms with van der Waals surface area (Å²) in [5.74, 6) is 1.37. The van der Waals surface area contributed by atoms with Crippen LogP contribution in [-0.4, -0.2) is 22.6 Å². The molecule has 1 aliphatic rings. The van der Waals surface area contributed by atoms with Crippen LogP contribution in [0.15, 0.2) is 88.6 Å². The Kier molecular flexibility index (Phi) is 5.05. The number of anilines is 1. The Morgan fingerprint density at radius 1 is 0.967 bits per heavy atom. The molecule has 1 unspecified atom stereocenters. The Balaban J connectivity index is 1.51. The normalized spacial score (nSPS) is 18.8. The van der Waals surface area contributed by atoms with Gasteiger partial charge in [0.2, 0.25) is 0 Å². The molecule has 0 aliphatic carbocycles. The summed E-state index contributed by atoms with van der Waals surface area (Å²) < 4.78 is 0. The van der Waals surface area contributed by atoms with E-state index in [0.717, 1.165) is 33.3 Å². The van der Waals surface area contributed by atoms with Crippen LogP contribution in [0.1, 0.15) is 13.8 Å². The predicted octanol–water partition coefficient (Wildman–Crippen LogP) is 5.86. The minimum Gasteiger partial charge on any atom is -0.388 e. The summed E-state index contributed by atoms with van der Waals surface area (Å²) in [6, 6.07) is 23.4. The molecule has 5 heteroatoms. The number of rotatable bonds is 4. The van der Waals surface area contributed by atoms with Crippen molar-refractivity contribution in [1.29, 1.82) is 0 Å². The Hall–Kier alpha value is -3.05. The van der Waals surface area contributed by atoms with Crippen molar-refractivity contribution >= 4 is 39.3 Å². The molecule has 0 bridgehead atoms. The lowest BCUT2D eigenvalue weighted by atomic mass is 9.97. The molecule has 0 saturated carbocycles. The first-order valence-corrected chi connectivity index (χ1v) is 11.1. The largest absolute Gasteiger partial charge is 0.388 e. The van der Waals surface area contributed by atoms with Crippen LogP contribution >= 0.6 is 11.8 Å². The van der Waals surface area contributed by atoms with Gasteiger partial charge in [-0.3, -0.25) is 0 Å². The maximum atomic E-state index is 4.92. The highest BCUT2D eigenvalue weighted by atomic mass is 32.2. The van der Waals surface area contributed by atoms with Crippen molar-refractivity contribution in [3.05, 3.63) is 78.5 Å². The molecule has 2 N–H and O–H groups in total. The molecule has 4 aromatic rings. The molecule has 0 saturated heterocycles. The number of allylic oxidation sites excluding steroid dienone is 1. The fourth-order valence-corrected chi connectivity index (χ4v) is 4.64. The van der Waals surface area contributed by atoms with E-state index in [4.69, 9.17) is 9.97 Å². The number of fused-ring (bicyclic) bond motifs is 2. The summed E-state index contributed by atoms with van der Waals surface area (Å²) in [6.07, 6.45) is 2.25. The van der Waals surface area contributed by atoms with Gasteiger partial charge in [0.15, 0.2) is 5.16 Å². The Morgan fingerprint density at radius 3 is 2.67 bits per heavy atom. The summed E-state index contributed by atoms with van der Waals surface area (Å²) in [6.45, 7) is 5.32. The van der Waals surface area contributed by atoms with Gasteiger partial charge in [-0.1, -0.05) is 49.4 Å². The number of benzene rings is 3. The third-order valence-corrected chi connectivity index (χ3v) is 6.42. The molecule has 2 heterocycles. The fraction of sp³-hybridized carbons (Fsp3) is 0.200. The van der Waals surface area contributed by atoms with Crippen molar-refractivity contribution in [2.45, 2.75) is 29.9 Å². The van der Waals surface area contributed by atoms with E-state index in [1.54, 1.807) is 11.8 Å². The van der Waals surface area contributed by atoms with Crippen molar-refractivity contribution in [2.75, 3.05) is 11.9 Å². The molecule has 4 nitrogen and oxygen atoms in total. The molecule has 0 fully saturated rings. The van der Waals surface area contributed by atoms with Crippen LogP contribution < -0.4 is 10.6 Å². The van der Waals surface area contributed by atoms with Crippen molar-refractivity contribution in [1.82, 2.24) is 15.3 Å². The van der Waals surface area contributed by atoms with Gasteiger partial charge in [-0.25, -0.2) is 9.97 Å². The molecule has 2 atom stereocenters. The average Bonchev–Trinajstić information content (AvgIpc) is 2.76. The Morgan fingerprint density at radius 2 is 1.77 bits per heavy atom. The fourth-order valence-electron chi connectivity index (χ4n) is 3.83. The number of para-hydroxylation sites is 1. The van der Waals surface area contributed by atoms with E-state index in [2.05, 4.69) is 85.2 Å². The lowest BCUT2D eigenvalue weighted by Gasteiger charge is -2.29. The molecule has 0 radical (unpaired) electrons. The van der Waals surface area contributed by atoms with Gasteiger partial charge >= 0.3 is 0 Å². The highest BCUT2D eigenvalue weighted by Crippen LogP contribution is 2.32. The minimum atomic E-state index is 0.239. The second-order valence-corrected chi connectivity index (χ2v) is 8.90. The molecule has 150 valence electrons.